The molecule has 27 heteroatoms. The Labute approximate surface area is 349 Å². The second-order valence-electron chi connectivity index (χ2n) is 11.2. The maximum Gasteiger partial charge on any atom is 0.345 e. The minimum absolute atomic E-state index is 0.301. The molecule has 3 heterocycles. The number of amides is 6. The number of thiol groups is 2. The smallest absolute Gasteiger partial charge is 0.306 e. The van der Waals surface area contributed by atoms with E-state index in [9.17, 15) is 30.0 Å². The molecule has 0 radical (unpaired) electrons. The van der Waals surface area contributed by atoms with E-state index in [0.717, 1.165) is 0 Å². The van der Waals surface area contributed by atoms with Crippen molar-refractivity contribution in [3.63, 3.8) is 0 Å². The minimum Gasteiger partial charge on any atom is -0.306 e. The summed E-state index contributed by atoms with van der Waals surface area (Å²) in [5.74, 6) is 0. The van der Waals surface area contributed by atoms with Crippen molar-refractivity contribution in [2.24, 2.45) is 0 Å². The summed E-state index contributed by atoms with van der Waals surface area (Å²) in [5.41, 5.74) is 3.25. The monoisotopic (exact) mass is 887 g/mol. The highest BCUT2D eigenvalue weighted by molar-refractivity contribution is 8.77. The van der Waals surface area contributed by atoms with Gasteiger partial charge in [0, 0.05) is 38.2 Å². The predicted octanol–water partition coefficient (Wildman–Crippen LogP) is 6.16. The lowest BCUT2D eigenvalue weighted by atomic mass is 10.3. The molecule has 6 amide bonds. The van der Waals surface area contributed by atoms with E-state index in [1.165, 1.54) is 64.3 Å². The number of nitrogens with one attached hydrogen (secondary N) is 3. The van der Waals surface area contributed by atoms with Crippen LogP contribution in [-0.4, -0.2) is 114 Å². The summed E-state index contributed by atoms with van der Waals surface area (Å²) in [6.07, 6.45) is 0. The van der Waals surface area contributed by atoms with E-state index in [0.29, 0.717) is 80.3 Å². The van der Waals surface area contributed by atoms with E-state index in [1.54, 1.807) is 86.5 Å². The molecular weight excluding hydrogens is 859 g/mol. The van der Waals surface area contributed by atoms with Gasteiger partial charge in [0.1, 0.15) is 0 Å². The lowest BCUT2D eigenvalue weighted by molar-refractivity contribution is -0.0118. The lowest BCUT2D eigenvalue weighted by Crippen LogP contribution is -2.27. The fourth-order valence-corrected chi connectivity index (χ4v) is 9.07. The van der Waals surface area contributed by atoms with Gasteiger partial charge in [-0.1, -0.05) is 0 Å². The van der Waals surface area contributed by atoms with Crippen molar-refractivity contribution < 1.29 is 30.0 Å². The Morgan fingerprint density at radius 3 is 1.00 bits per heavy atom. The number of aromatic nitrogens is 9. The number of benzene rings is 3. The summed E-state index contributed by atoms with van der Waals surface area (Å²) >= 11 is 8.99. The molecule has 6 rings (SSSR count). The summed E-state index contributed by atoms with van der Waals surface area (Å²) in [6.45, 7) is 0. The van der Waals surface area contributed by atoms with Crippen molar-refractivity contribution in [1.29, 1.82) is 0 Å². The van der Waals surface area contributed by atoms with Gasteiger partial charge in [0.05, 0.1) is 17.1 Å². The van der Waals surface area contributed by atoms with Crippen LogP contribution in [0.2, 0.25) is 0 Å². The van der Waals surface area contributed by atoms with Crippen molar-refractivity contribution in [3.05, 3.63) is 72.8 Å². The van der Waals surface area contributed by atoms with Crippen LogP contribution in [-0.2, 0) is 0 Å². The Bertz CT molecular complexity index is 2240. The number of carbonyl (C=O) groups is 3. The van der Waals surface area contributed by atoms with Gasteiger partial charge in [-0.15, -0.1) is 55.8 Å². The van der Waals surface area contributed by atoms with Gasteiger partial charge >= 0.3 is 18.1 Å². The number of hydrogen-bond acceptors (Lipinski definition) is 18. The molecule has 0 aliphatic heterocycles. The van der Waals surface area contributed by atoms with Gasteiger partial charge in [0.15, 0.2) is 10.3 Å². The summed E-state index contributed by atoms with van der Waals surface area (Å²) in [6, 6.07) is 18.2. The van der Waals surface area contributed by atoms with Crippen LogP contribution in [0.25, 0.3) is 17.1 Å². The van der Waals surface area contributed by atoms with E-state index in [-0.39, 0.29) is 0 Å². The molecule has 0 saturated heterocycles. The molecular formula is C30H29N15O6S6. The SMILES string of the molecule is CN(O)C(=O)Nc1ccc(-n2c(S)nnc2SSc2nnc(SSc3nnc(S)n3-c3ccc(NC(=O)N(C)O)cc3)n2-c2ccc(NC(=O)N(C)O)cc2)cc1. The lowest BCUT2D eigenvalue weighted by Gasteiger charge is -2.13. The topological polar surface area (TPSA) is 250 Å². The Balaban J connectivity index is 1.26. The Morgan fingerprint density at radius 2 is 0.719 bits per heavy atom. The third-order valence-electron chi connectivity index (χ3n) is 7.23. The molecule has 6 N–H and O–H groups in total. The standard InChI is InChI=1S/C30H29N15O6S6/c1-40(49)22(46)31-16-4-10-19(11-5-16)43-25(52)34-36-27(43)54-56-29-38-39-30(45(29)21-14-8-18(9-15-21)33-24(48)42(3)51)57-55-28-37-35-26(53)44(28)20-12-6-17(7-13-20)32-23(47)41(2)50/h4-15,49-51H,1-3H3,(H,31,46)(H,32,47)(H,33,48)(H,34,52)(H,35,53). The number of carbonyl (C=O) groups excluding carboxylic acids is 3. The molecule has 21 nitrogen and oxygen atoms in total. The molecule has 0 unspecified atom stereocenters. The molecule has 0 fully saturated rings. The highest BCUT2D eigenvalue weighted by Crippen LogP contribution is 2.43. The van der Waals surface area contributed by atoms with E-state index >= 15 is 0 Å². The van der Waals surface area contributed by atoms with Gasteiger partial charge in [-0.05, 0) is 116 Å². The van der Waals surface area contributed by atoms with Crippen LogP contribution in [0.4, 0.5) is 31.4 Å². The maximum absolute atomic E-state index is 12.0. The number of hydroxylamine groups is 6. The number of nitrogens with zero attached hydrogens (tertiary/aromatic N) is 12. The Kier molecular flexibility index (Phi) is 13.4. The normalized spacial score (nSPS) is 10.9. The van der Waals surface area contributed by atoms with E-state index in [4.69, 9.17) is 0 Å². The van der Waals surface area contributed by atoms with Gasteiger partial charge in [-0.25, -0.2) is 29.6 Å². The van der Waals surface area contributed by atoms with Crippen LogP contribution in [0.1, 0.15) is 0 Å². The quantitative estimate of drug-likeness (QED) is 0.0296. The highest BCUT2D eigenvalue weighted by atomic mass is 33.1. The van der Waals surface area contributed by atoms with Crippen molar-refractivity contribution in [2.75, 3.05) is 37.1 Å². The first-order chi connectivity index (χ1) is 27.3. The summed E-state index contributed by atoms with van der Waals surface area (Å²) in [7, 11) is 8.57. The number of hydrogen-bond donors (Lipinski definition) is 8. The molecule has 0 spiro atoms. The molecule has 3 aromatic heterocycles. The average Bonchev–Trinajstić information content (AvgIpc) is 3.89. The van der Waals surface area contributed by atoms with Crippen LogP contribution in [0.3, 0.4) is 0 Å². The van der Waals surface area contributed by atoms with Crippen LogP contribution < -0.4 is 16.0 Å². The molecule has 0 aliphatic rings. The fourth-order valence-electron chi connectivity index (χ4n) is 4.51. The van der Waals surface area contributed by atoms with Gasteiger partial charge in [-0.2, -0.15) is 0 Å². The van der Waals surface area contributed by atoms with Gasteiger partial charge in [0.25, 0.3) is 0 Å². The van der Waals surface area contributed by atoms with E-state index in [2.05, 4.69) is 71.8 Å². The molecule has 0 bridgehead atoms. The highest BCUT2D eigenvalue weighted by Gasteiger charge is 2.22. The molecule has 296 valence electrons. The van der Waals surface area contributed by atoms with Crippen LogP contribution in [0.5, 0.6) is 0 Å². The van der Waals surface area contributed by atoms with Crippen LogP contribution in [0, 0.1) is 0 Å². The molecule has 0 saturated carbocycles. The molecule has 57 heavy (non-hydrogen) atoms. The summed E-state index contributed by atoms with van der Waals surface area (Å²) in [4.78, 5) is 35.8. The van der Waals surface area contributed by atoms with Crippen LogP contribution >= 0.6 is 68.4 Å². The number of anilines is 3. The third-order valence-corrected chi connectivity index (χ3v) is 11.9. The first-order valence-electron chi connectivity index (χ1n) is 15.7. The number of rotatable bonds is 12. The largest absolute Gasteiger partial charge is 0.345 e. The number of urea groups is 3. The Hall–Kier alpha value is -5.13. The summed E-state index contributed by atoms with van der Waals surface area (Å²) < 4.78 is 5.18. The predicted molar refractivity (Wildman–Crippen MR) is 218 cm³/mol. The van der Waals surface area contributed by atoms with Gasteiger partial charge in [0.2, 0.25) is 20.6 Å². The molecule has 0 atom stereocenters. The third kappa shape index (κ3) is 10.1. The van der Waals surface area contributed by atoms with E-state index in [1.807, 2.05) is 0 Å². The van der Waals surface area contributed by atoms with Crippen molar-refractivity contribution in [2.45, 2.75) is 30.9 Å². The average molecular weight is 888 g/mol. The van der Waals surface area contributed by atoms with Crippen molar-refractivity contribution in [3.8, 4) is 17.1 Å². The van der Waals surface area contributed by atoms with Crippen molar-refractivity contribution in [1.82, 2.24) is 59.5 Å². The zero-order valence-corrected chi connectivity index (χ0v) is 34.4. The zero-order chi connectivity index (χ0) is 40.8. The minimum atomic E-state index is -0.720. The van der Waals surface area contributed by atoms with Gasteiger partial charge < -0.3 is 16.0 Å². The summed E-state index contributed by atoms with van der Waals surface area (Å²) in [5, 5.41) is 65.4. The fraction of sp³-hybridized carbons (Fsp3) is 0.100. The second kappa shape index (κ2) is 18.4. The first kappa shape index (κ1) is 41.5. The van der Waals surface area contributed by atoms with Crippen molar-refractivity contribution >= 4 is 104 Å². The Morgan fingerprint density at radius 1 is 0.474 bits per heavy atom. The molecule has 3 aromatic carbocycles. The van der Waals surface area contributed by atoms with Crippen LogP contribution in [0.15, 0.2) is 104 Å². The second-order valence-corrected chi connectivity index (χ2v) is 16.1. The molecule has 0 aliphatic carbocycles. The first-order valence-corrected chi connectivity index (χ1v) is 20.9. The van der Waals surface area contributed by atoms with E-state index < -0.39 is 18.1 Å². The zero-order valence-electron chi connectivity index (χ0n) is 29.4. The molecule has 6 aromatic rings. The maximum atomic E-state index is 12.0. The van der Waals surface area contributed by atoms with Gasteiger partial charge in [-0.3, -0.25) is 29.3 Å².